The van der Waals surface area contributed by atoms with Gasteiger partial charge in [-0.1, -0.05) is 31.5 Å². The van der Waals surface area contributed by atoms with Crippen molar-refractivity contribution in [3.05, 3.63) is 65.2 Å². The Bertz CT molecular complexity index is 1530. The van der Waals surface area contributed by atoms with E-state index in [-0.39, 0.29) is 22.6 Å². The minimum absolute atomic E-state index is 0.0798. The Kier molecular flexibility index (Phi) is 8.28. The van der Waals surface area contributed by atoms with Crippen molar-refractivity contribution in [1.29, 1.82) is 0 Å². The van der Waals surface area contributed by atoms with Crippen molar-refractivity contribution in [2.24, 2.45) is 0 Å². The van der Waals surface area contributed by atoms with Crippen LogP contribution in [0, 0.1) is 0 Å². The molecule has 11 heteroatoms. The molecule has 224 valence electrons. The largest absolute Gasteiger partial charge is 0.507 e. The Balaban J connectivity index is 1.65. The van der Waals surface area contributed by atoms with E-state index in [4.69, 9.17) is 0 Å². The number of fused-ring (bicyclic) bond motifs is 2. The topological polar surface area (TPSA) is 119 Å². The van der Waals surface area contributed by atoms with Crippen molar-refractivity contribution in [3.8, 4) is 0 Å². The summed E-state index contributed by atoms with van der Waals surface area (Å²) >= 11 is 0. The maximum atomic E-state index is 14.4. The van der Waals surface area contributed by atoms with E-state index in [0.717, 1.165) is 19.3 Å². The number of amides is 2. The van der Waals surface area contributed by atoms with E-state index in [9.17, 15) is 27.9 Å². The lowest BCUT2D eigenvalue weighted by atomic mass is 9.82. The summed E-state index contributed by atoms with van der Waals surface area (Å²) in [6.45, 7) is 3.99. The molecule has 1 unspecified atom stereocenters. The molecule has 2 saturated heterocycles. The number of carbonyl (C=O) groups is 3. The molecule has 0 bridgehead atoms. The number of carbonyl (C=O) groups excluding carboxylic acids is 3. The summed E-state index contributed by atoms with van der Waals surface area (Å²) in [5.41, 5.74) is -0.900. The van der Waals surface area contributed by atoms with Crippen LogP contribution in [0.4, 0.5) is 5.69 Å². The molecule has 0 radical (unpaired) electrons. The summed E-state index contributed by atoms with van der Waals surface area (Å²) in [5.74, 6) is -2.75. The van der Waals surface area contributed by atoms with Crippen molar-refractivity contribution < 1.29 is 27.9 Å². The molecule has 3 aliphatic rings. The fourth-order valence-corrected chi connectivity index (χ4v) is 7.86. The van der Waals surface area contributed by atoms with Crippen LogP contribution in [0.3, 0.4) is 0 Å². The fourth-order valence-electron chi connectivity index (χ4n) is 6.34. The maximum Gasteiger partial charge on any atom is 0.296 e. The number of sulfonamides is 1. The van der Waals surface area contributed by atoms with Gasteiger partial charge in [0, 0.05) is 37.3 Å². The first-order valence-electron chi connectivity index (χ1n) is 14.5. The van der Waals surface area contributed by atoms with Crippen LogP contribution in [-0.4, -0.2) is 92.0 Å². The summed E-state index contributed by atoms with van der Waals surface area (Å²) in [4.78, 5) is 46.7. The van der Waals surface area contributed by atoms with Gasteiger partial charge in [-0.2, -0.15) is 4.31 Å². The summed E-state index contributed by atoms with van der Waals surface area (Å²) in [7, 11) is 0.0895. The molecule has 0 aromatic heterocycles. The van der Waals surface area contributed by atoms with Gasteiger partial charge in [0.15, 0.2) is 5.54 Å². The minimum Gasteiger partial charge on any atom is -0.507 e. The molecule has 5 rings (SSSR count). The first kappa shape index (κ1) is 29.9. The molecule has 2 aromatic rings. The second-order valence-electron chi connectivity index (χ2n) is 11.3. The Morgan fingerprint density at radius 2 is 1.62 bits per heavy atom. The second-order valence-corrected chi connectivity index (χ2v) is 13.3. The van der Waals surface area contributed by atoms with E-state index in [2.05, 4.69) is 0 Å². The van der Waals surface area contributed by atoms with Crippen LogP contribution in [0.25, 0.3) is 5.76 Å². The fraction of sp³-hybridized carbons (Fsp3) is 0.452. The van der Waals surface area contributed by atoms with Crippen molar-refractivity contribution in [2.45, 2.75) is 49.5 Å². The van der Waals surface area contributed by atoms with Gasteiger partial charge in [-0.05, 0) is 76.7 Å². The Hall–Kier alpha value is -3.54. The lowest BCUT2D eigenvalue weighted by molar-refractivity contribution is -0.143. The number of para-hydroxylation sites is 1. The highest BCUT2D eigenvalue weighted by Gasteiger charge is 2.66. The highest BCUT2D eigenvalue weighted by molar-refractivity contribution is 7.89. The van der Waals surface area contributed by atoms with Crippen LogP contribution < -0.4 is 4.90 Å². The normalized spacial score (nSPS) is 22.5. The number of nitrogens with zero attached hydrogens (tertiary/aromatic N) is 4. The van der Waals surface area contributed by atoms with Gasteiger partial charge in [0.25, 0.3) is 17.6 Å². The average molecular weight is 595 g/mol. The lowest BCUT2D eigenvalue weighted by Crippen LogP contribution is -2.52. The van der Waals surface area contributed by atoms with Gasteiger partial charge in [-0.3, -0.25) is 14.4 Å². The third-order valence-electron chi connectivity index (χ3n) is 8.32. The van der Waals surface area contributed by atoms with Crippen LogP contribution in [0.15, 0.2) is 59.0 Å². The first-order valence-corrected chi connectivity index (χ1v) is 16.0. The SMILES string of the molecule is CCCN1C(=O)C2(/C(=C(\O)c3ccc(S(=O)(=O)N4CCCCC4)cc3)C(=O)C(=O)N2CCCN(C)C)c2ccccc21. The van der Waals surface area contributed by atoms with E-state index < -0.39 is 38.9 Å². The van der Waals surface area contributed by atoms with Crippen molar-refractivity contribution in [2.75, 3.05) is 51.7 Å². The maximum absolute atomic E-state index is 14.4. The van der Waals surface area contributed by atoms with Crippen LogP contribution in [0.5, 0.6) is 0 Å². The number of aliphatic hydroxyl groups excluding tert-OH is 1. The molecule has 0 saturated carbocycles. The number of ketones is 1. The number of likely N-dealkylation sites (tertiary alicyclic amines) is 1. The van der Waals surface area contributed by atoms with E-state index in [1.54, 1.807) is 29.2 Å². The molecule has 2 aromatic carbocycles. The van der Waals surface area contributed by atoms with Crippen molar-refractivity contribution in [1.82, 2.24) is 14.1 Å². The quantitative estimate of drug-likeness (QED) is 0.269. The van der Waals surface area contributed by atoms with Gasteiger partial charge in [-0.25, -0.2) is 8.42 Å². The van der Waals surface area contributed by atoms with Gasteiger partial charge in [0.2, 0.25) is 10.0 Å². The Morgan fingerprint density at radius 1 is 0.952 bits per heavy atom. The Morgan fingerprint density at radius 3 is 2.26 bits per heavy atom. The van der Waals surface area contributed by atoms with E-state index in [1.165, 1.54) is 33.5 Å². The predicted octanol–water partition coefficient (Wildman–Crippen LogP) is 3.15. The standard InChI is InChI=1S/C31H38N4O6S/c1-4-17-34-25-12-7-6-11-24(25)31(30(34)39)26(28(37)29(38)35(31)21-10-18-32(2)3)27(36)22-13-15-23(16-14-22)42(40,41)33-19-8-5-9-20-33/h6-7,11-16,36H,4-5,8-10,17-21H2,1-3H3/b27-26-. The average Bonchev–Trinajstić information content (AvgIpc) is 3.36. The van der Waals surface area contributed by atoms with E-state index in [0.29, 0.717) is 50.3 Å². The lowest BCUT2D eigenvalue weighted by Gasteiger charge is -2.34. The number of Topliss-reactive ketones (excluding diaryl/α,β-unsaturated/α-hetero) is 1. The number of piperidine rings is 1. The molecule has 42 heavy (non-hydrogen) atoms. The molecule has 1 spiro atoms. The van der Waals surface area contributed by atoms with Crippen LogP contribution in [0.2, 0.25) is 0 Å². The van der Waals surface area contributed by atoms with E-state index >= 15 is 0 Å². The number of aliphatic hydroxyl groups is 1. The summed E-state index contributed by atoms with van der Waals surface area (Å²) < 4.78 is 27.8. The van der Waals surface area contributed by atoms with Crippen LogP contribution >= 0.6 is 0 Å². The highest BCUT2D eigenvalue weighted by atomic mass is 32.2. The van der Waals surface area contributed by atoms with Crippen molar-refractivity contribution >= 4 is 39.1 Å². The number of hydrogen-bond acceptors (Lipinski definition) is 7. The van der Waals surface area contributed by atoms with Gasteiger partial charge >= 0.3 is 0 Å². The first-order chi connectivity index (χ1) is 20.1. The molecule has 3 aliphatic heterocycles. The predicted molar refractivity (Wildman–Crippen MR) is 159 cm³/mol. The number of benzene rings is 2. The molecular weight excluding hydrogens is 556 g/mol. The van der Waals surface area contributed by atoms with Gasteiger partial charge in [0.05, 0.1) is 16.2 Å². The molecule has 2 fully saturated rings. The zero-order valence-electron chi connectivity index (χ0n) is 24.4. The monoisotopic (exact) mass is 594 g/mol. The van der Waals surface area contributed by atoms with Gasteiger partial charge in [-0.15, -0.1) is 0 Å². The van der Waals surface area contributed by atoms with Crippen LogP contribution in [-0.2, 0) is 29.9 Å². The van der Waals surface area contributed by atoms with Gasteiger partial charge < -0.3 is 19.8 Å². The highest BCUT2D eigenvalue weighted by Crippen LogP contribution is 2.53. The van der Waals surface area contributed by atoms with Crippen LogP contribution in [0.1, 0.15) is 50.2 Å². The number of rotatable bonds is 9. The second kappa shape index (κ2) is 11.6. The van der Waals surface area contributed by atoms with Gasteiger partial charge in [0.1, 0.15) is 5.76 Å². The zero-order valence-corrected chi connectivity index (χ0v) is 25.2. The molecular formula is C31H38N4O6S. The summed E-state index contributed by atoms with van der Waals surface area (Å²) in [6, 6.07) is 12.7. The van der Waals surface area contributed by atoms with E-state index in [1.807, 2.05) is 25.9 Å². The number of hydrogen-bond donors (Lipinski definition) is 1. The van der Waals surface area contributed by atoms with Crippen molar-refractivity contribution in [3.63, 3.8) is 0 Å². The minimum atomic E-state index is -3.71. The molecule has 2 amide bonds. The molecule has 3 heterocycles. The molecule has 10 nitrogen and oxygen atoms in total. The number of anilines is 1. The third kappa shape index (κ3) is 4.73. The Labute approximate surface area is 247 Å². The summed E-state index contributed by atoms with van der Waals surface area (Å²) in [5, 5.41) is 11.7. The molecule has 1 N–H and O–H groups in total. The molecule has 1 atom stereocenters. The molecule has 0 aliphatic carbocycles. The zero-order chi connectivity index (χ0) is 30.2. The smallest absolute Gasteiger partial charge is 0.296 e. The summed E-state index contributed by atoms with van der Waals surface area (Å²) in [6.07, 6.45) is 3.76. The third-order valence-corrected chi connectivity index (χ3v) is 10.2.